The number of aryl methyl sites for hydroxylation is 1. The van der Waals surface area contributed by atoms with Crippen LogP contribution in [0.2, 0.25) is 0 Å². The van der Waals surface area contributed by atoms with Crippen LogP contribution in [0.15, 0.2) is 35.1 Å². The highest BCUT2D eigenvalue weighted by atomic mass is 16.5. The summed E-state index contributed by atoms with van der Waals surface area (Å²) in [7, 11) is 1.64. The summed E-state index contributed by atoms with van der Waals surface area (Å²) in [5.74, 6) is 0.804. The third kappa shape index (κ3) is 3.00. The maximum atomic E-state index is 12.6. The van der Waals surface area contributed by atoms with Gasteiger partial charge in [-0.1, -0.05) is 6.92 Å². The average molecular weight is 286 g/mol. The molecule has 2 N–H and O–H groups in total. The van der Waals surface area contributed by atoms with E-state index < -0.39 is 0 Å². The van der Waals surface area contributed by atoms with Crippen LogP contribution in [0.4, 0.5) is 0 Å². The molecule has 0 aliphatic rings. The number of rotatable bonds is 5. The van der Waals surface area contributed by atoms with E-state index in [1.807, 2.05) is 41.8 Å². The molecule has 0 unspecified atom stereocenters. The molecule has 0 aliphatic carbocycles. The number of nitrogens with two attached hydrogens (primary N) is 1. The zero-order chi connectivity index (χ0) is 15.4. The Labute approximate surface area is 125 Å². The van der Waals surface area contributed by atoms with Crippen molar-refractivity contribution in [2.24, 2.45) is 5.73 Å². The van der Waals surface area contributed by atoms with Crippen LogP contribution < -0.4 is 16.0 Å². The smallest absolute Gasteiger partial charge is 0.255 e. The summed E-state index contributed by atoms with van der Waals surface area (Å²) in [5, 5.41) is 0. The number of pyridine rings is 1. The van der Waals surface area contributed by atoms with Gasteiger partial charge in [0, 0.05) is 18.7 Å². The highest BCUT2D eigenvalue weighted by molar-refractivity contribution is 5.62. The molecule has 112 valence electrons. The van der Waals surface area contributed by atoms with Gasteiger partial charge in [-0.05, 0) is 54.8 Å². The quantitative estimate of drug-likeness (QED) is 0.919. The Morgan fingerprint density at radius 2 is 1.90 bits per heavy atom. The van der Waals surface area contributed by atoms with E-state index in [1.165, 1.54) is 0 Å². The van der Waals surface area contributed by atoms with Gasteiger partial charge in [-0.25, -0.2) is 0 Å². The highest BCUT2D eigenvalue weighted by Gasteiger charge is 2.12. The zero-order valence-corrected chi connectivity index (χ0v) is 12.8. The molecular formula is C17H22N2O2. The number of ether oxygens (including phenoxy) is 1. The molecule has 1 heterocycles. The van der Waals surface area contributed by atoms with Crippen LogP contribution in [0.25, 0.3) is 11.3 Å². The van der Waals surface area contributed by atoms with Crippen LogP contribution >= 0.6 is 0 Å². The van der Waals surface area contributed by atoms with E-state index in [4.69, 9.17) is 10.5 Å². The molecule has 4 nitrogen and oxygen atoms in total. The minimum absolute atomic E-state index is 0.0187. The molecule has 0 saturated carbocycles. The Morgan fingerprint density at radius 3 is 2.43 bits per heavy atom. The standard InChI is InChI=1S/C17H22N2O2/c1-4-9-19-16(10-12(2)15(11-18)17(19)20)13-5-7-14(21-3)8-6-13/h5-8,10H,4,9,11,18H2,1-3H3. The molecule has 2 rings (SSSR count). The molecule has 0 atom stereocenters. The summed E-state index contributed by atoms with van der Waals surface area (Å²) in [6.07, 6.45) is 0.899. The van der Waals surface area contributed by atoms with Crippen molar-refractivity contribution in [2.45, 2.75) is 33.4 Å². The third-order valence-electron chi connectivity index (χ3n) is 3.66. The summed E-state index contributed by atoms with van der Waals surface area (Å²) in [6, 6.07) is 9.80. The minimum atomic E-state index is 0.0187. The SMILES string of the molecule is CCCn1c(-c2ccc(OC)cc2)cc(C)c(CN)c1=O. The first-order valence-corrected chi connectivity index (χ1v) is 7.20. The molecule has 4 heteroatoms. The zero-order valence-electron chi connectivity index (χ0n) is 12.8. The Balaban J connectivity index is 2.63. The lowest BCUT2D eigenvalue weighted by molar-refractivity contribution is 0.415. The largest absolute Gasteiger partial charge is 0.497 e. The average Bonchev–Trinajstić information content (AvgIpc) is 2.50. The van der Waals surface area contributed by atoms with E-state index in [1.54, 1.807) is 7.11 Å². The predicted octanol–water partition coefficient (Wildman–Crippen LogP) is 2.70. The number of benzene rings is 1. The summed E-state index contributed by atoms with van der Waals surface area (Å²) in [4.78, 5) is 12.6. The number of nitrogens with zero attached hydrogens (tertiary/aromatic N) is 1. The molecule has 0 fully saturated rings. The fourth-order valence-corrected chi connectivity index (χ4v) is 2.51. The summed E-state index contributed by atoms with van der Waals surface area (Å²) < 4.78 is 7.00. The van der Waals surface area contributed by atoms with Gasteiger partial charge < -0.3 is 15.0 Å². The number of methoxy groups -OCH3 is 1. The van der Waals surface area contributed by atoms with Gasteiger partial charge in [0.1, 0.15) is 5.75 Å². The van der Waals surface area contributed by atoms with E-state index in [0.29, 0.717) is 12.1 Å². The van der Waals surface area contributed by atoms with Gasteiger partial charge in [-0.2, -0.15) is 0 Å². The van der Waals surface area contributed by atoms with Crippen molar-refractivity contribution < 1.29 is 4.74 Å². The van der Waals surface area contributed by atoms with Crippen LogP contribution in [0.1, 0.15) is 24.5 Å². The second kappa shape index (κ2) is 6.59. The van der Waals surface area contributed by atoms with E-state index in [2.05, 4.69) is 6.92 Å². The van der Waals surface area contributed by atoms with Crippen LogP contribution in [0, 0.1) is 6.92 Å². The van der Waals surface area contributed by atoms with Crippen LogP contribution in [-0.2, 0) is 13.1 Å². The normalized spacial score (nSPS) is 10.7. The van der Waals surface area contributed by atoms with Gasteiger partial charge in [-0.15, -0.1) is 0 Å². The fraction of sp³-hybridized carbons (Fsp3) is 0.353. The van der Waals surface area contributed by atoms with E-state index in [0.717, 1.165) is 29.0 Å². The van der Waals surface area contributed by atoms with Crippen LogP contribution in [0.3, 0.4) is 0 Å². The van der Waals surface area contributed by atoms with E-state index >= 15 is 0 Å². The van der Waals surface area contributed by atoms with Crippen molar-refractivity contribution >= 4 is 0 Å². The molecule has 21 heavy (non-hydrogen) atoms. The van der Waals surface area contributed by atoms with Crippen molar-refractivity contribution in [2.75, 3.05) is 7.11 Å². The molecule has 0 spiro atoms. The van der Waals surface area contributed by atoms with Crippen molar-refractivity contribution in [3.8, 4) is 17.0 Å². The lowest BCUT2D eigenvalue weighted by Gasteiger charge is -2.16. The lowest BCUT2D eigenvalue weighted by atomic mass is 10.0. The van der Waals surface area contributed by atoms with Crippen molar-refractivity contribution in [1.82, 2.24) is 4.57 Å². The summed E-state index contributed by atoms with van der Waals surface area (Å²) in [5.41, 5.74) is 9.31. The van der Waals surface area contributed by atoms with Gasteiger partial charge in [0.2, 0.25) is 0 Å². The Morgan fingerprint density at radius 1 is 1.24 bits per heavy atom. The number of aromatic nitrogens is 1. The van der Waals surface area contributed by atoms with E-state index in [-0.39, 0.29) is 12.1 Å². The molecular weight excluding hydrogens is 264 g/mol. The van der Waals surface area contributed by atoms with Gasteiger partial charge >= 0.3 is 0 Å². The van der Waals surface area contributed by atoms with Gasteiger partial charge in [0.25, 0.3) is 5.56 Å². The molecule has 0 saturated heterocycles. The number of hydrogen-bond acceptors (Lipinski definition) is 3. The van der Waals surface area contributed by atoms with Gasteiger partial charge in [-0.3, -0.25) is 4.79 Å². The van der Waals surface area contributed by atoms with Crippen LogP contribution in [0.5, 0.6) is 5.75 Å². The predicted molar refractivity (Wildman–Crippen MR) is 85.6 cm³/mol. The second-order valence-electron chi connectivity index (χ2n) is 5.08. The summed E-state index contributed by atoms with van der Waals surface area (Å²) >= 11 is 0. The molecule has 1 aromatic carbocycles. The first-order chi connectivity index (χ1) is 10.1. The second-order valence-corrected chi connectivity index (χ2v) is 5.08. The first-order valence-electron chi connectivity index (χ1n) is 7.20. The molecule has 0 amide bonds. The minimum Gasteiger partial charge on any atom is -0.497 e. The maximum absolute atomic E-state index is 12.6. The third-order valence-corrected chi connectivity index (χ3v) is 3.66. The van der Waals surface area contributed by atoms with Crippen molar-refractivity contribution in [3.05, 3.63) is 51.8 Å². The van der Waals surface area contributed by atoms with Gasteiger partial charge in [0.05, 0.1) is 12.8 Å². The van der Waals surface area contributed by atoms with Gasteiger partial charge in [0.15, 0.2) is 0 Å². The van der Waals surface area contributed by atoms with Crippen molar-refractivity contribution in [1.29, 1.82) is 0 Å². The molecule has 0 aliphatic heterocycles. The molecule has 1 aromatic heterocycles. The Hall–Kier alpha value is -2.07. The molecule has 2 aromatic rings. The Bertz CT molecular complexity index is 672. The highest BCUT2D eigenvalue weighted by Crippen LogP contribution is 2.23. The number of hydrogen-bond donors (Lipinski definition) is 1. The fourth-order valence-electron chi connectivity index (χ4n) is 2.51. The monoisotopic (exact) mass is 286 g/mol. The Kier molecular flexibility index (Phi) is 4.81. The summed E-state index contributed by atoms with van der Waals surface area (Å²) in [6.45, 7) is 4.96. The molecule has 0 radical (unpaired) electrons. The topological polar surface area (TPSA) is 57.2 Å². The van der Waals surface area contributed by atoms with Crippen molar-refractivity contribution in [3.63, 3.8) is 0 Å². The van der Waals surface area contributed by atoms with E-state index in [9.17, 15) is 4.79 Å². The first kappa shape index (κ1) is 15.3. The lowest BCUT2D eigenvalue weighted by Crippen LogP contribution is -2.28. The van der Waals surface area contributed by atoms with Crippen LogP contribution in [-0.4, -0.2) is 11.7 Å². The maximum Gasteiger partial charge on any atom is 0.255 e. The molecule has 0 bridgehead atoms.